The number of hydrogen-bond donors (Lipinski definition) is 3. The zero-order chi connectivity index (χ0) is 24.1. The molecular weight excluding hydrogens is 448 g/mol. The number of amides is 1. The van der Waals surface area contributed by atoms with Crippen LogP contribution in [0.15, 0.2) is 18.2 Å². The normalized spacial score (nSPS) is 14.7. The molecule has 1 aromatic carbocycles. The summed E-state index contributed by atoms with van der Waals surface area (Å²) in [5, 5.41) is 13.1. The smallest absolute Gasteiger partial charge is 0.248 e. The van der Waals surface area contributed by atoms with Crippen LogP contribution in [0.1, 0.15) is 39.2 Å². The second-order valence-electron chi connectivity index (χ2n) is 8.48. The van der Waals surface area contributed by atoms with Crippen molar-refractivity contribution >= 4 is 18.3 Å². The molecule has 0 aliphatic rings. The van der Waals surface area contributed by atoms with Gasteiger partial charge in [-0.05, 0) is 49.3 Å². The van der Waals surface area contributed by atoms with E-state index in [0.29, 0.717) is 37.1 Å². The molecule has 0 aliphatic carbocycles. The van der Waals surface area contributed by atoms with E-state index in [1.807, 2.05) is 18.2 Å². The first-order valence-electron chi connectivity index (χ1n) is 11.3. The number of hydrogen-bond acceptors (Lipinski definition) is 7. The maximum Gasteiger partial charge on any atom is 0.248 e. The minimum absolute atomic E-state index is 0. The molecule has 0 saturated carbocycles. The molecule has 0 spiro atoms. The molecule has 1 amide bonds. The van der Waals surface area contributed by atoms with Gasteiger partial charge in [0.2, 0.25) is 5.91 Å². The molecule has 0 radical (unpaired) electrons. The van der Waals surface area contributed by atoms with E-state index < -0.39 is 18.2 Å². The Labute approximate surface area is 204 Å². The fraction of sp³-hybridized carbons (Fsp3) is 0.708. The van der Waals surface area contributed by atoms with Gasteiger partial charge in [0.1, 0.15) is 6.10 Å². The first-order chi connectivity index (χ1) is 15.2. The number of carbonyl (C=O) groups is 1. The summed E-state index contributed by atoms with van der Waals surface area (Å²) >= 11 is 0. The second kappa shape index (κ2) is 16.9. The lowest BCUT2D eigenvalue weighted by atomic mass is 9.83. The predicted molar refractivity (Wildman–Crippen MR) is 132 cm³/mol. The average molecular weight is 491 g/mol. The molecule has 9 heteroatoms. The Bertz CT molecular complexity index is 676. The van der Waals surface area contributed by atoms with Gasteiger partial charge in [0, 0.05) is 39.8 Å². The third-order valence-electron chi connectivity index (χ3n) is 5.70. The lowest BCUT2D eigenvalue weighted by Crippen LogP contribution is -2.46. The van der Waals surface area contributed by atoms with Crippen molar-refractivity contribution < 1.29 is 28.8 Å². The van der Waals surface area contributed by atoms with Gasteiger partial charge in [0.25, 0.3) is 0 Å². The monoisotopic (exact) mass is 490 g/mol. The molecule has 0 saturated heterocycles. The maximum absolute atomic E-state index is 11.9. The van der Waals surface area contributed by atoms with Gasteiger partial charge in [-0.25, -0.2) is 0 Å². The molecule has 0 fully saturated rings. The van der Waals surface area contributed by atoms with Crippen molar-refractivity contribution in [2.45, 2.75) is 58.3 Å². The second-order valence-corrected chi connectivity index (χ2v) is 8.48. The van der Waals surface area contributed by atoms with Gasteiger partial charge >= 0.3 is 0 Å². The quantitative estimate of drug-likeness (QED) is 0.305. The summed E-state index contributed by atoms with van der Waals surface area (Å²) in [4.78, 5) is 11.9. The summed E-state index contributed by atoms with van der Waals surface area (Å²) in [5.74, 6) is 1.76. The Kier molecular flexibility index (Phi) is 16.1. The van der Waals surface area contributed by atoms with E-state index >= 15 is 0 Å². The van der Waals surface area contributed by atoms with E-state index in [1.54, 1.807) is 21.1 Å². The predicted octanol–water partition coefficient (Wildman–Crippen LogP) is 2.58. The molecule has 1 aromatic rings. The molecule has 192 valence electrons. The number of ether oxygens (including phenoxy) is 4. The Balaban J connectivity index is 0.0000102. The molecule has 33 heavy (non-hydrogen) atoms. The number of methoxy groups -OCH3 is 3. The fourth-order valence-electron chi connectivity index (χ4n) is 3.35. The van der Waals surface area contributed by atoms with Crippen LogP contribution in [0.4, 0.5) is 0 Å². The Hall–Kier alpha value is -1.58. The number of carbonyl (C=O) groups excluding carboxylic acids is 1. The minimum atomic E-state index is -0.834. The summed E-state index contributed by atoms with van der Waals surface area (Å²) in [7, 11) is 4.76. The standard InChI is InChI=1S/C24H42N2O6.ClH/c1-16(2)19(14-20(25)21(27)15-26-24(28)17(3)30-5)12-18-8-9-22(31-6)23(13-18)32-11-7-10-29-4;/h8-9,13,16-17,19-21,27H,7,10-12,14-15,25H2,1-6H3,(H,26,28);1H/t17-,19+,20+,21+;/m1./s1. The molecular formula is C24H43ClN2O6. The molecule has 0 aromatic heterocycles. The van der Waals surface area contributed by atoms with E-state index in [1.165, 1.54) is 7.11 Å². The lowest BCUT2D eigenvalue weighted by Gasteiger charge is -2.27. The van der Waals surface area contributed by atoms with Crippen molar-refractivity contribution in [1.29, 1.82) is 0 Å². The molecule has 4 N–H and O–H groups in total. The summed E-state index contributed by atoms with van der Waals surface area (Å²) in [6.45, 7) is 7.24. The number of benzene rings is 1. The highest BCUT2D eigenvalue weighted by atomic mass is 35.5. The zero-order valence-corrected chi connectivity index (χ0v) is 21.7. The third kappa shape index (κ3) is 11.4. The molecule has 1 rings (SSSR count). The molecule has 0 aliphatic heterocycles. The zero-order valence-electron chi connectivity index (χ0n) is 20.8. The van der Waals surface area contributed by atoms with Crippen LogP contribution in [0.25, 0.3) is 0 Å². The van der Waals surface area contributed by atoms with Gasteiger partial charge < -0.3 is 35.1 Å². The van der Waals surface area contributed by atoms with E-state index in [0.717, 1.165) is 18.4 Å². The van der Waals surface area contributed by atoms with Crippen LogP contribution in [-0.4, -0.2) is 70.4 Å². The SMILES string of the molecule is COCCCOc1cc(C[C@@H](C[C@H](N)[C@@H](O)CNC(=O)[C@@H](C)OC)C(C)C)ccc1OC.Cl. The highest BCUT2D eigenvalue weighted by Gasteiger charge is 2.24. The maximum atomic E-state index is 11.9. The number of nitrogens with one attached hydrogen (secondary N) is 1. The summed E-state index contributed by atoms with van der Waals surface area (Å²) in [6, 6.07) is 5.50. The van der Waals surface area contributed by atoms with Crippen molar-refractivity contribution in [3.05, 3.63) is 23.8 Å². The molecule has 0 unspecified atom stereocenters. The van der Waals surface area contributed by atoms with Crippen LogP contribution in [0.2, 0.25) is 0 Å². The minimum Gasteiger partial charge on any atom is -0.493 e. The fourth-order valence-corrected chi connectivity index (χ4v) is 3.35. The largest absolute Gasteiger partial charge is 0.493 e. The van der Waals surface area contributed by atoms with Gasteiger partial charge in [0.15, 0.2) is 11.5 Å². The number of aliphatic hydroxyl groups excluding tert-OH is 1. The van der Waals surface area contributed by atoms with Crippen LogP contribution in [0.5, 0.6) is 11.5 Å². The van der Waals surface area contributed by atoms with E-state index in [-0.39, 0.29) is 30.8 Å². The van der Waals surface area contributed by atoms with E-state index in [9.17, 15) is 9.90 Å². The van der Waals surface area contributed by atoms with Crippen LogP contribution in [0, 0.1) is 11.8 Å². The summed E-state index contributed by atoms with van der Waals surface area (Å²) < 4.78 is 21.4. The highest BCUT2D eigenvalue weighted by molar-refractivity contribution is 5.85. The Morgan fingerprint density at radius 1 is 1.12 bits per heavy atom. The van der Waals surface area contributed by atoms with Crippen LogP contribution in [-0.2, 0) is 20.7 Å². The molecule has 0 bridgehead atoms. The Morgan fingerprint density at radius 2 is 1.82 bits per heavy atom. The average Bonchev–Trinajstić information content (AvgIpc) is 2.78. The summed E-state index contributed by atoms with van der Waals surface area (Å²) in [6.07, 6.45) is 0.821. The topological polar surface area (TPSA) is 112 Å². The van der Waals surface area contributed by atoms with Gasteiger partial charge in [-0.1, -0.05) is 19.9 Å². The number of rotatable bonds is 16. The highest BCUT2D eigenvalue weighted by Crippen LogP contribution is 2.31. The molecule has 0 heterocycles. The third-order valence-corrected chi connectivity index (χ3v) is 5.70. The van der Waals surface area contributed by atoms with Crippen LogP contribution >= 0.6 is 12.4 Å². The first kappa shape index (κ1) is 31.4. The van der Waals surface area contributed by atoms with Crippen molar-refractivity contribution in [2.24, 2.45) is 17.6 Å². The van der Waals surface area contributed by atoms with Crippen LogP contribution in [0.3, 0.4) is 0 Å². The van der Waals surface area contributed by atoms with Crippen molar-refractivity contribution in [3.8, 4) is 11.5 Å². The van der Waals surface area contributed by atoms with Crippen molar-refractivity contribution in [2.75, 3.05) is 41.1 Å². The van der Waals surface area contributed by atoms with Crippen LogP contribution < -0.4 is 20.5 Å². The van der Waals surface area contributed by atoms with Gasteiger partial charge in [-0.3, -0.25) is 4.79 Å². The number of nitrogens with two attached hydrogens (primary N) is 1. The van der Waals surface area contributed by atoms with Gasteiger partial charge in [0.05, 0.1) is 19.8 Å². The molecule has 8 nitrogen and oxygen atoms in total. The molecule has 4 atom stereocenters. The van der Waals surface area contributed by atoms with E-state index in [4.69, 9.17) is 24.7 Å². The first-order valence-corrected chi connectivity index (χ1v) is 11.3. The van der Waals surface area contributed by atoms with Crippen molar-refractivity contribution in [3.63, 3.8) is 0 Å². The van der Waals surface area contributed by atoms with Gasteiger partial charge in [-0.15, -0.1) is 12.4 Å². The number of halogens is 1. The lowest BCUT2D eigenvalue weighted by molar-refractivity contribution is -0.130. The van der Waals surface area contributed by atoms with Crippen molar-refractivity contribution in [1.82, 2.24) is 5.32 Å². The number of aliphatic hydroxyl groups is 1. The Morgan fingerprint density at radius 3 is 2.39 bits per heavy atom. The van der Waals surface area contributed by atoms with E-state index in [2.05, 4.69) is 19.2 Å². The summed E-state index contributed by atoms with van der Waals surface area (Å²) in [5.41, 5.74) is 7.41. The van der Waals surface area contributed by atoms with Gasteiger partial charge in [-0.2, -0.15) is 0 Å².